The molecular weight excluding hydrogens is 202 g/mol. The van der Waals surface area contributed by atoms with Crippen LogP contribution < -0.4 is 10.6 Å². The first-order valence-electron chi connectivity index (χ1n) is 6.26. The number of nitrogens with two attached hydrogens (primary N) is 1. The highest BCUT2D eigenvalue weighted by atomic mass is 16.4. The fraction of sp³-hybridized carbons (Fsp3) is 0.750. The summed E-state index contributed by atoms with van der Waals surface area (Å²) in [4.78, 5) is 6.73. The Balaban J connectivity index is 2.09. The maximum Gasteiger partial charge on any atom is 0.297 e. The Kier molecular flexibility index (Phi) is 3.83. The molecule has 1 atom stereocenters. The van der Waals surface area contributed by atoms with Crippen LogP contribution in [0.15, 0.2) is 10.7 Å². The van der Waals surface area contributed by atoms with Crippen LogP contribution in [0.5, 0.6) is 0 Å². The maximum absolute atomic E-state index is 5.55. The zero-order valence-electron chi connectivity index (χ0n) is 9.98. The minimum absolute atomic E-state index is 0.454. The molecule has 1 aliphatic rings. The second kappa shape index (κ2) is 5.34. The highest BCUT2D eigenvalue weighted by molar-refractivity contribution is 5.29. The third-order valence-corrected chi connectivity index (χ3v) is 3.24. The summed E-state index contributed by atoms with van der Waals surface area (Å²) in [6.45, 7) is 3.75. The molecule has 1 aromatic heterocycles. The van der Waals surface area contributed by atoms with Crippen molar-refractivity contribution in [3.63, 3.8) is 0 Å². The van der Waals surface area contributed by atoms with Crippen molar-refractivity contribution >= 4 is 6.01 Å². The van der Waals surface area contributed by atoms with Gasteiger partial charge in [-0.25, -0.2) is 0 Å². The van der Waals surface area contributed by atoms with Crippen LogP contribution in [0.25, 0.3) is 0 Å². The average molecular weight is 223 g/mol. The first kappa shape index (κ1) is 11.5. The van der Waals surface area contributed by atoms with Crippen LogP contribution in [-0.2, 0) is 6.54 Å². The van der Waals surface area contributed by atoms with Gasteiger partial charge in [-0.2, -0.15) is 4.98 Å². The maximum atomic E-state index is 5.55. The summed E-state index contributed by atoms with van der Waals surface area (Å²) in [6, 6.07) is 1.36. The first-order chi connectivity index (χ1) is 7.85. The van der Waals surface area contributed by atoms with Crippen LogP contribution in [0.1, 0.15) is 44.7 Å². The van der Waals surface area contributed by atoms with E-state index in [0.717, 1.165) is 18.3 Å². The van der Waals surface area contributed by atoms with Gasteiger partial charge < -0.3 is 15.1 Å². The molecule has 2 N–H and O–H groups in total. The molecule has 1 saturated heterocycles. The van der Waals surface area contributed by atoms with Crippen molar-refractivity contribution in [1.82, 2.24) is 4.98 Å². The smallest absolute Gasteiger partial charge is 0.297 e. The SMILES string of the molecule is CCCC1CCCCN1c1nc(CN)co1. The lowest BCUT2D eigenvalue weighted by atomic mass is 9.99. The molecule has 1 aromatic rings. The van der Waals surface area contributed by atoms with Crippen molar-refractivity contribution in [3.05, 3.63) is 12.0 Å². The van der Waals surface area contributed by atoms with Gasteiger partial charge in [0.25, 0.3) is 6.01 Å². The monoisotopic (exact) mass is 223 g/mol. The third kappa shape index (κ3) is 2.38. The van der Waals surface area contributed by atoms with E-state index in [1.165, 1.54) is 32.1 Å². The van der Waals surface area contributed by atoms with E-state index < -0.39 is 0 Å². The molecule has 0 bridgehead atoms. The minimum Gasteiger partial charge on any atom is -0.432 e. The normalized spacial score (nSPS) is 21.4. The number of rotatable bonds is 4. The Morgan fingerprint density at radius 1 is 1.56 bits per heavy atom. The Labute approximate surface area is 96.8 Å². The molecular formula is C12H21N3O. The highest BCUT2D eigenvalue weighted by Gasteiger charge is 2.25. The molecule has 4 heteroatoms. The number of anilines is 1. The van der Waals surface area contributed by atoms with Gasteiger partial charge in [-0.15, -0.1) is 0 Å². The summed E-state index contributed by atoms with van der Waals surface area (Å²) in [5.74, 6) is 0. The molecule has 90 valence electrons. The van der Waals surface area contributed by atoms with Crippen molar-refractivity contribution in [2.24, 2.45) is 5.73 Å². The van der Waals surface area contributed by atoms with E-state index in [1.54, 1.807) is 6.26 Å². The van der Waals surface area contributed by atoms with Crippen LogP contribution in [0.4, 0.5) is 6.01 Å². The number of hydrogen-bond acceptors (Lipinski definition) is 4. The van der Waals surface area contributed by atoms with Crippen LogP contribution in [0.3, 0.4) is 0 Å². The van der Waals surface area contributed by atoms with Gasteiger partial charge in [-0.1, -0.05) is 13.3 Å². The quantitative estimate of drug-likeness (QED) is 0.851. The predicted octanol–water partition coefficient (Wildman–Crippen LogP) is 2.29. The molecule has 0 radical (unpaired) electrons. The molecule has 0 aromatic carbocycles. The molecule has 4 nitrogen and oxygen atoms in total. The predicted molar refractivity (Wildman–Crippen MR) is 64.3 cm³/mol. The summed E-state index contributed by atoms with van der Waals surface area (Å²) < 4.78 is 5.51. The van der Waals surface area contributed by atoms with E-state index >= 15 is 0 Å². The third-order valence-electron chi connectivity index (χ3n) is 3.24. The summed E-state index contributed by atoms with van der Waals surface area (Å²) >= 11 is 0. The lowest BCUT2D eigenvalue weighted by Crippen LogP contribution is -2.39. The van der Waals surface area contributed by atoms with E-state index in [-0.39, 0.29) is 0 Å². The van der Waals surface area contributed by atoms with Crippen molar-refractivity contribution in [3.8, 4) is 0 Å². The van der Waals surface area contributed by atoms with Crippen molar-refractivity contribution in [1.29, 1.82) is 0 Å². The Hall–Kier alpha value is -1.03. The van der Waals surface area contributed by atoms with E-state index in [2.05, 4.69) is 16.8 Å². The fourth-order valence-corrected chi connectivity index (χ4v) is 2.41. The van der Waals surface area contributed by atoms with Gasteiger partial charge in [-0.3, -0.25) is 0 Å². The van der Waals surface area contributed by atoms with Gasteiger partial charge in [-0.05, 0) is 25.7 Å². The van der Waals surface area contributed by atoms with Crippen molar-refractivity contribution in [2.45, 2.75) is 51.6 Å². The van der Waals surface area contributed by atoms with E-state index in [1.807, 2.05) is 0 Å². The Morgan fingerprint density at radius 3 is 3.12 bits per heavy atom. The Bertz CT molecular complexity index is 322. The summed E-state index contributed by atoms with van der Waals surface area (Å²) in [5.41, 5.74) is 6.39. The average Bonchev–Trinajstić information content (AvgIpc) is 2.79. The minimum atomic E-state index is 0.454. The Morgan fingerprint density at radius 2 is 2.44 bits per heavy atom. The van der Waals surface area contributed by atoms with E-state index in [4.69, 9.17) is 10.2 Å². The van der Waals surface area contributed by atoms with Crippen LogP contribution in [0.2, 0.25) is 0 Å². The van der Waals surface area contributed by atoms with Crippen LogP contribution >= 0.6 is 0 Å². The summed E-state index contributed by atoms with van der Waals surface area (Å²) in [6.07, 6.45) is 7.93. The molecule has 16 heavy (non-hydrogen) atoms. The standard InChI is InChI=1S/C12H21N3O/c1-2-5-11-6-3-4-7-15(11)12-14-10(8-13)9-16-12/h9,11H,2-8,13H2,1H3. The van der Waals surface area contributed by atoms with Gasteiger partial charge in [0.1, 0.15) is 6.26 Å². The number of hydrogen-bond donors (Lipinski definition) is 1. The van der Waals surface area contributed by atoms with E-state index in [9.17, 15) is 0 Å². The molecule has 0 saturated carbocycles. The van der Waals surface area contributed by atoms with Gasteiger partial charge in [0.05, 0.1) is 5.69 Å². The largest absolute Gasteiger partial charge is 0.432 e. The van der Waals surface area contributed by atoms with E-state index in [0.29, 0.717) is 12.6 Å². The molecule has 1 aliphatic heterocycles. The fourth-order valence-electron chi connectivity index (χ4n) is 2.41. The van der Waals surface area contributed by atoms with Crippen LogP contribution in [-0.4, -0.2) is 17.6 Å². The second-order valence-corrected chi connectivity index (χ2v) is 4.46. The van der Waals surface area contributed by atoms with Gasteiger partial charge in [0.15, 0.2) is 0 Å². The number of piperidine rings is 1. The molecule has 1 unspecified atom stereocenters. The lowest BCUT2D eigenvalue weighted by Gasteiger charge is -2.34. The van der Waals surface area contributed by atoms with Gasteiger partial charge >= 0.3 is 0 Å². The molecule has 0 amide bonds. The lowest BCUT2D eigenvalue weighted by molar-refractivity contribution is 0.399. The zero-order valence-corrected chi connectivity index (χ0v) is 9.98. The first-order valence-corrected chi connectivity index (χ1v) is 6.26. The molecule has 2 heterocycles. The number of aromatic nitrogens is 1. The molecule has 1 fully saturated rings. The topological polar surface area (TPSA) is 55.3 Å². The molecule has 0 spiro atoms. The van der Waals surface area contributed by atoms with Gasteiger partial charge in [0.2, 0.25) is 0 Å². The second-order valence-electron chi connectivity index (χ2n) is 4.46. The summed E-state index contributed by atoms with van der Waals surface area (Å²) in [7, 11) is 0. The number of nitrogens with zero attached hydrogens (tertiary/aromatic N) is 2. The number of oxazole rings is 1. The highest BCUT2D eigenvalue weighted by Crippen LogP contribution is 2.26. The van der Waals surface area contributed by atoms with Crippen molar-refractivity contribution in [2.75, 3.05) is 11.4 Å². The van der Waals surface area contributed by atoms with Gasteiger partial charge in [0, 0.05) is 19.1 Å². The zero-order chi connectivity index (χ0) is 11.4. The molecule has 2 rings (SSSR count). The van der Waals surface area contributed by atoms with Crippen LogP contribution in [0, 0.1) is 0 Å². The summed E-state index contributed by atoms with van der Waals surface area (Å²) in [5, 5.41) is 0. The van der Waals surface area contributed by atoms with Crippen molar-refractivity contribution < 1.29 is 4.42 Å². The molecule has 0 aliphatic carbocycles.